The number of hydrogen-bond acceptors (Lipinski definition) is 4. The molecule has 0 aliphatic heterocycles. The van der Waals surface area contributed by atoms with Crippen LogP contribution in [0.4, 0.5) is 5.69 Å². The fourth-order valence-corrected chi connectivity index (χ4v) is 1.97. The van der Waals surface area contributed by atoms with Gasteiger partial charge in [0.15, 0.2) is 5.84 Å². The van der Waals surface area contributed by atoms with Gasteiger partial charge < -0.3 is 15.8 Å². The Morgan fingerprint density at radius 1 is 1.32 bits per heavy atom. The van der Waals surface area contributed by atoms with Crippen molar-refractivity contribution in [3.8, 4) is 0 Å². The molecule has 1 heterocycles. The van der Waals surface area contributed by atoms with Crippen LogP contribution in [0.15, 0.2) is 23.5 Å². The third-order valence-corrected chi connectivity index (χ3v) is 2.65. The Kier molecular flexibility index (Phi) is 5.60. The van der Waals surface area contributed by atoms with Crippen molar-refractivity contribution in [3.05, 3.63) is 24.0 Å². The van der Waals surface area contributed by atoms with Crippen LogP contribution in [0.2, 0.25) is 0 Å². The second-order valence-corrected chi connectivity index (χ2v) is 5.58. The minimum absolute atomic E-state index is 0.0379. The van der Waals surface area contributed by atoms with Crippen molar-refractivity contribution in [3.63, 3.8) is 0 Å². The van der Waals surface area contributed by atoms with Gasteiger partial charge in [-0.15, -0.1) is 0 Å². The highest BCUT2D eigenvalue weighted by molar-refractivity contribution is 5.95. The highest BCUT2D eigenvalue weighted by Gasteiger charge is 2.12. The van der Waals surface area contributed by atoms with Gasteiger partial charge in [0, 0.05) is 25.0 Å². The van der Waals surface area contributed by atoms with Crippen molar-refractivity contribution in [2.45, 2.75) is 27.7 Å². The quantitative estimate of drug-likeness (QED) is 0.358. The first-order valence-corrected chi connectivity index (χ1v) is 6.63. The predicted octanol–water partition coefficient (Wildman–Crippen LogP) is 2.29. The average Bonchev–Trinajstić information content (AvgIpc) is 2.36. The van der Waals surface area contributed by atoms with E-state index in [1.165, 1.54) is 0 Å². The Hall–Kier alpha value is -1.78. The number of anilines is 1. The summed E-state index contributed by atoms with van der Waals surface area (Å²) in [6.45, 7) is 10.7. The predicted molar refractivity (Wildman–Crippen MR) is 78.6 cm³/mol. The van der Waals surface area contributed by atoms with Gasteiger partial charge in [-0.25, -0.2) is 0 Å². The summed E-state index contributed by atoms with van der Waals surface area (Å²) in [5.74, 6) is 1.18. The summed E-state index contributed by atoms with van der Waals surface area (Å²) in [7, 11) is 0. The van der Waals surface area contributed by atoms with Gasteiger partial charge in [-0.05, 0) is 24.0 Å². The Morgan fingerprint density at radius 2 is 1.89 bits per heavy atom. The van der Waals surface area contributed by atoms with Crippen molar-refractivity contribution >= 4 is 11.5 Å². The second kappa shape index (κ2) is 6.97. The van der Waals surface area contributed by atoms with Gasteiger partial charge in [-0.2, -0.15) is 0 Å². The summed E-state index contributed by atoms with van der Waals surface area (Å²) in [4.78, 5) is 6.42. The summed E-state index contributed by atoms with van der Waals surface area (Å²) in [5, 5.41) is 11.7. The lowest BCUT2D eigenvalue weighted by Crippen LogP contribution is -2.31. The Bertz CT molecular complexity index is 419. The number of nitrogens with zero attached hydrogens (tertiary/aromatic N) is 3. The lowest BCUT2D eigenvalue weighted by atomic mass is 10.1. The van der Waals surface area contributed by atoms with E-state index in [0.717, 1.165) is 18.8 Å². The highest BCUT2D eigenvalue weighted by atomic mass is 16.4. The normalized spacial score (nSPS) is 12.2. The summed E-state index contributed by atoms with van der Waals surface area (Å²) in [5.41, 5.74) is 7.14. The molecule has 19 heavy (non-hydrogen) atoms. The molecule has 0 fully saturated rings. The number of amidine groups is 1. The molecule has 0 aliphatic rings. The minimum Gasteiger partial charge on any atom is -0.409 e. The van der Waals surface area contributed by atoms with E-state index < -0.39 is 0 Å². The molecule has 0 saturated heterocycles. The summed E-state index contributed by atoms with van der Waals surface area (Å²) < 4.78 is 0. The maximum atomic E-state index is 8.72. The minimum atomic E-state index is 0.0379. The average molecular weight is 264 g/mol. The lowest BCUT2D eigenvalue weighted by Gasteiger charge is -2.28. The molecule has 106 valence electrons. The van der Waals surface area contributed by atoms with E-state index in [4.69, 9.17) is 10.9 Å². The molecule has 0 aliphatic carbocycles. The van der Waals surface area contributed by atoms with E-state index >= 15 is 0 Å². The smallest absolute Gasteiger partial charge is 0.188 e. The van der Waals surface area contributed by atoms with E-state index in [2.05, 4.69) is 42.7 Å². The molecule has 1 aromatic heterocycles. The number of oxime groups is 1. The van der Waals surface area contributed by atoms with E-state index in [-0.39, 0.29) is 5.84 Å². The van der Waals surface area contributed by atoms with Crippen molar-refractivity contribution in [2.75, 3.05) is 18.0 Å². The standard InChI is InChI=1S/C14H24N4O/c1-10(2)8-18(9-11(3)4)12-5-6-16-13(7-12)14(15)17-19/h5-7,10-11,19H,8-9H2,1-4H3,(H2,15,17). The van der Waals surface area contributed by atoms with Gasteiger partial charge >= 0.3 is 0 Å². The third kappa shape index (κ3) is 4.77. The third-order valence-electron chi connectivity index (χ3n) is 2.65. The fraction of sp³-hybridized carbons (Fsp3) is 0.571. The van der Waals surface area contributed by atoms with E-state index in [1.807, 2.05) is 12.1 Å². The monoisotopic (exact) mass is 264 g/mol. The van der Waals surface area contributed by atoms with Crippen LogP contribution >= 0.6 is 0 Å². The van der Waals surface area contributed by atoms with Crippen molar-refractivity contribution < 1.29 is 5.21 Å². The zero-order chi connectivity index (χ0) is 14.4. The Labute approximate surface area is 115 Å². The van der Waals surface area contributed by atoms with E-state index in [1.54, 1.807) is 6.20 Å². The van der Waals surface area contributed by atoms with Crippen LogP contribution in [0.1, 0.15) is 33.4 Å². The van der Waals surface area contributed by atoms with E-state index in [9.17, 15) is 0 Å². The summed E-state index contributed by atoms with van der Waals surface area (Å²) >= 11 is 0. The van der Waals surface area contributed by atoms with Crippen LogP contribution in [0.25, 0.3) is 0 Å². The molecule has 0 saturated carbocycles. The van der Waals surface area contributed by atoms with Gasteiger partial charge in [0.2, 0.25) is 0 Å². The molecule has 1 aromatic rings. The van der Waals surface area contributed by atoms with E-state index in [0.29, 0.717) is 17.5 Å². The SMILES string of the molecule is CC(C)CN(CC(C)C)c1ccnc(C(N)=NO)c1. The van der Waals surface area contributed by atoms with Crippen LogP contribution in [-0.4, -0.2) is 29.1 Å². The first-order chi connectivity index (χ1) is 8.93. The number of nitrogens with two attached hydrogens (primary N) is 1. The molecule has 5 nitrogen and oxygen atoms in total. The molecule has 0 aromatic carbocycles. The molecule has 1 rings (SSSR count). The Morgan fingerprint density at radius 3 is 2.37 bits per heavy atom. The van der Waals surface area contributed by atoms with Crippen molar-refractivity contribution in [2.24, 2.45) is 22.7 Å². The molecular weight excluding hydrogens is 240 g/mol. The lowest BCUT2D eigenvalue weighted by molar-refractivity contribution is 0.318. The highest BCUT2D eigenvalue weighted by Crippen LogP contribution is 2.18. The van der Waals surface area contributed by atoms with Crippen molar-refractivity contribution in [1.82, 2.24) is 4.98 Å². The van der Waals surface area contributed by atoms with Gasteiger partial charge in [-0.3, -0.25) is 4.98 Å². The van der Waals surface area contributed by atoms with Gasteiger partial charge in [-0.1, -0.05) is 32.9 Å². The van der Waals surface area contributed by atoms with Gasteiger partial charge in [0.1, 0.15) is 5.69 Å². The largest absolute Gasteiger partial charge is 0.409 e. The molecular formula is C14H24N4O. The zero-order valence-electron chi connectivity index (χ0n) is 12.2. The molecule has 3 N–H and O–H groups in total. The summed E-state index contributed by atoms with van der Waals surface area (Å²) in [6.07, 6.45) is 1.69. The summed E-state index contributed by atoms with van der Waals surface area (Å²) in [6, 6.07) is 3.82. The van der Waals surface area contributed by atoms with Gasteiger partial charge in [0.05, 0.1) is 0 Å². The Balaban J connectivity index is 3.01. The molecule has 5 heteroatoms. The zero-order valence-corrected chi connectivity index (χ0v) is 12.2. The topological polar surface area (TPSA) is 74.7 Å². The van der Waals surface area contributed by atoms with Crippen molar-refractivity contribution in [1.29, 1.82) is 0 Å². The molecule has 0 bridgehead atoms. The van der Waals surface area contributed by atoms with Crippen LogP contribution in [0.5, 0.6) is 0 Å². The molecule has 0 amide bonds. The maximum Gasteiger partial charge on any atom is 0.188 e. The van der Waals surface area contributed by atoms with Crippen LogP contribution < -0.4 is 10.6 Å². The molecule has 0 spiro atoms. The number of hydrogen-bond donors (Lipinski definition) is 2. The van der Waals surface area contributed by atoms with Crippen LogP contribution in [0, 0.1) is 11.8 Å². The number of pyridine rings is 1. The first kappa shape index (κ1) is 15.3. The van der Waals surface area contributed by atoms with Crippen LogP contribution in [-0.2, 0) is 0 Å². The second-order valence-electron chi connectivity index (χ2n) is 5.58. The first-order valence-electron chi connectivity index (χ1n) is 6.63. The van der Waals surface area contributed by atoms with Gasteiger partial charge in [0.25, 0.3) is 0 Å². The van der Waals surface area contributed by atoms with Crippen LogP contribution in [0.3, 0.4) is 0 Å². The molecule has 0 unspecified atom stereocenters. The molecule has 0 atom stereocenters. The molecule has 0 radical (unpaired) electrons. The maximum absolute atomic E-state index is 8.72. The fourth-order valence-electron chi connectivity index (χ4n) is 1.97. The number of rotatable bonds is 6. The number of aromatic nitrogens is 1.